The molecule has 19 heavy (non-hydrogen) atoms. The van der Waals surface area contributed by atoms with Gasteiger partial charge in [-0.05, 0) is 36.4 Å². The number of rotatable bonds is 2. The van der Waals surface area contributed by atoms with Crippen LogP contribution in [0.25, 0.3) is 0 Å². The zero-order valence-corrected chi connectivity index (χ0v) is 11.2. The number of hydrogen-bond donors (Lipinski definition) is 2. The molecule has 0 saturated carbocycles. The van der Waals surface area contributed by atoms with Gasteiger partial charge in [-0.3, -0.25) is 0 Å². The van der Waals surface area contributed by atoms with Crippen LogP contribution in [0.4, 0.5) is 11.4 Å². The van der Waals surface area contributed by atoms with Crippen molar-refractivity contribution in [3.63, 3.8) is 0 Å². The van der Waals surface area contributed by atoms with Crippen molar-refractivity contribution < 1.29 is 8.42 Å². The van der Waals surface area contributed by atoms with Gasteiger partial charge >= 0.3 is 0 Å². The fourth-order valence-corrected chi connectivity index (χ4v) is 1.91. The number of nitrogen functional groups attached to an aromatic ring is 2. The van der Waals surface area contributed by atoms with Crippen molar-refractivity contribution >= 4 is 21.2 Å². The molecule has 4 N–H and O–H groups in total. The lowest BCUT2D eigenvalue weighted by Gasteiger charge is -1.97. The van der Waals surface area contributed by atoms with E-state index in [0.29, 0.717) is 5.69 Å². The fraction of sp³-hybridized carbons (Fsp3) is 0. The summed E-state index contributed by atoms with van der Waals surface area (Å²) in [6, 6.07) is 15.5. The highest BCUT2D eigenvalue weighted by atomic mass is 32.2. The first-order valence-corrected chi connectivity index (χ1v) is 7.04. The number of anilines is 2. The van der Waals surface area contributed by atoms with E-state index in [1.807, 2.05) is 30.3 Å². The Labute approximate surface area is 113 Å². The smallest absolute Gasteiger partial charge is 0.199 e. The number of nitrogens with two attached hydrogens (primary N) is 2. The molecule has 0 atom stereocenters. The Hall–Kier alpha value is -2.27. The molecule has 0 aliphatic rings. The molecule has 0 radical (unpaired) electrons. The van der Waals surface area contributed by atoms with E-state index in [0.717, 1.165) is 11.1 Å². The molecule has 2 rings (SSSR count). The third-order valence-corrected chi connectivity index (χ3v) is 3.60. The van der Waals surface area contributed by atoms with Gasteiger partial charge in [0.15, 0.2) is 9.84 Å². The van der Waals surface area contributed by atoms with Gasteiger partial charge in [0.1, 0.15) is 0 Å². The largest absolute Gasteiger partial charge is 0.399 e. The lowest BCUT2D eigenvalue weighted by Crippen LogP contribution is -1.95. The molecule has 0 aliphatic heterocycles. The Kier molecular flexibility index (Phi) is 5.14. The molecule has 0 spiro atoms. The van der Waals surface area contributed by atoms with Crippen molar-refractivity contribution in [1.29, 1.82) is 0 Å². The molecule has 0 saturated heterocycles. The summed E-state index contributed by atoms with van der Waals surface area (Å²) in [5, 5.41) is 0.915. The van der Waals surface area contributed by atoms with E-state index in [1.54, 1.807) is 0 Å². The van der Waals surface area contributed by atoms with Crippen LogP contribution in [0.15, 0.2) is 71.5 Å². The van der Waals surface area contributed by atoms with E-state index in [2.05, 4.69) is 6.58 Å². The molecule has 0 bridgehead atoms. The minimum atomic E-state index is -3.31. The van der Waals surface area contributed by atoms with Crippen LogP contribution in [-0.4, -0.2) is 8.42 Å². The number of hydrogen-bond acceptors (Lipinski definition) is 4. The molecule has 0 unspecified atom stereocenters. The highest BCUT2D eigenvalue weighted by molar-refractivity contribution is 7.94. The quantitative estimate of drug-likeness (QED) is 0.825. The summed E-state index contributed by atoms with van der Waals surface area (Å²) in [5.74, 6) is 0. The molecule has 2 aromatic carbocycles. The zero-order valence-electron chi connectivity index (χ0n) is 10.4. The first-order chi connectivity index (χ1) is 8.95. The first-order valence-electron chi connectivity index (χ1n) is 5.49. The predicted octanol–water partition coefficient (Wildman–Crippen LogP) is 2.45. The molecule has 5 heteroatoms. The van der Waals surface area contributed by atoms with E-state index >= 15 is 0 Å². The molecule has 0 heterocycles. The summed E-state index contributed by atoms with van der Waals surface area (Å²) in [7, 11) is -3.31. The Balaban J connectivity index is 0.000000218. The lowest BCUT2D eigenvalue weighted by molar-refractivity contribution is 0.605. The highest BCUT2D eigenvalue weighted by Crippen LogP contribution is 2.13. The third kappa shape index (κ3) is 4.85. The van der Waals surface area contributed by atoms with Crippen LogP contribution >= 0.6 is 0 Å². The average Bonchev–Trinajstić information content (AvgIpc) is 2.41. The van der Waals surface area contributed by atoms with Crippen LogP contribution in [0, 0.1) is 0 Å². The summed E-state index contributed by atoms with van der Waals surface area (Å²) < 4.78 is 22.3. The molecule has 0 aromatic heterocycles. The normalized spacial score (nSPS) is 10.1. The van der Waals surface area contributed by atoms with Crippen molar-refractivity contribution in [3.8, 4) is 0 Å². The monoisotopic (exact) mass is 276 g/mol. The minimum Gasteiger partial charge on any atom is -0.399 e. The van der Waals surface area contributed by atoms with Gasteiger partial charge in [0.25, 0.3) is 0 Å². The molecule has 100 valence electrons. The maximum Gasteiger partial charge on any atom is 0.199 e. The van der Waals surface area contributed by atoms with Crippen LogP contribution in [0.2, 0.25) is 0 Å². The molecule has 0 amide bonds. The van der Waals surface area contributed by atoms with Gasteiger partial charge in [0.2, 0.25) is 0 Å². The molecule has 4 nitrogen and oxygen atoms in total. The lowest BCUT2D eigenvalue weighted by atomic mass is 10.3. The van der Waals surface area contributed by atoms with Crippen molar-refractivity contribution in [2.45, 2.75) is 4.90 Å². The van der Waals surface area contributed by atoms with Gasteiger partial charge in [-0.1, -0.05) is 24.8 Å². The third-order valence-electron chi connectivity index (χ3n) is 2.23. The van der Waals surface area contributed by atoms with Gasteiger partial charge < -0.3 is 11.5 Å². The van der Waals surface area contributed by atoms with Gasteiger partial charge in [0.05, 0.1) is 4.90 Å². The van der Waals surface area contributed by atoms with Gasteiger partial charge in [-0.15, -0.1) is 0 Å². The van der Waals surface area contributed by atoms with Gasteiger partial charge in [-0.25, -0.2) is 8.42 Å². The second kappa shape index (κ2) is 6.61. The van der Waals surface area contributed by atoms with E-state index in [4.69, 9.17) is 11.5 Å². The summed E-state index contributed by atoms with van der Waals surface area (Å²) in [6.45, 7) is 3.21. The number of sulfone groups is 1. The second-order valence-corrected chi connectivity index (χ2v) is 5.59. The summed E-state index contributed by atoms with van der Waals surface area (Å²) in [4.78, 5) is 0.215. The zero-order chi connectivity index (χ0) is 14.3. The van der Waals surface area contributed by atoms with Crippen LogP contribution in [0.3, 0.4) is 0 Å². The average molecular weight is 276 g/mol. The highest BCUT2D eigenvalue weighted by Gasteiger charge is 2.07. The molecule has 0 aliphatic carbocycles. The Bertz CT molecular complexity index is 620. The van der Waals surface area contributed by atoms with E-state index in [9.17, 15) is 8.42 Å². The van der Waals surface area contributed by atoms with Crippen molar-refractivity contribution in [2.75, 3.05) is 11.5 Å². The van der Waals surface area contributed by atoms with Crippen LogP contribution in [0.5, 0.6) is 0 Å². The Morgan fingerprint density at radius 2 is 1.32 bits per heavy atom. The van der Waals surface area contributed by atoms with Crippen molar-refractivity contribution in [2.24, 2.45) is 0 Å². The molecular formula is C14H16N2O2S. The summed E-state index contributed by atoms with van der Waals surface area (Å²) in [5.41, 5.74) is 12.1. The van der Waals surface area contributed by atoms with Crippen molar-refractivity contribution in [1.82, 2.24) is 0 Å². The van der Waals surface area contributed by atoms with E-state index in [1.165, 1.54) is 24.3 Å². The van der Waals surface area contributed by atoms with Crippen LogP contribution < -0.4 is 11.5 Å². The SMILES string of the molecule is C=CS(=O)(=O)c1ccc(N)cc1.Nc1ccccc1. The first kappa shape index (κ1) is 14.8. The Morgan fingerprint density at radius 3 is 1.68 bits per heavy atom. The number of benzene rings is 2. The molecule has 2 aromatic rings. The summed E-state index contributed by atoms with van der Waals surface area (Å²) >= 11 is 0. The molecule has 0 fully saturated rings. The minimum absolute atomic E-state index is 0.215. The second-order valence-electron chi connectivity index (χ2n) is 3.69. The maximum atomic E-state index is 11.2. The summed E-state index contributed by atoms with van der Waals surface area (Å²) in [6.07, 6.45) is 0. The number of para-hydroxylation sites is 1. The fourth-order valence-electron chi connectivity index (χ4n) is 1.21. The standard InChI is InChI=1S/C8H9NO2S.C6H7N/c1-2-12(10,11)8-5-3-7(9)4-6-8;7-6-4-2-1-3-5-6/h2-6H,1,9H2;1-5H,7H2. The molecular weight excluding hydrogens is 260 g/mol. The topological polar surface area (TPSA) is 86.2 Å². The van der Waals surface area contributed by atoms with Gasteiger partial charge in [-0.2, -0.15) is 0 Å². The predicted molar refractivity (Wildman–Crippen MR) is 79.1 cm³/mol. The Morgan fingerprint density at radius 1 is 0.842 bits per heavy atom. The van der Waals surface area contributed by atoms with Crippen LogP contribution in [-0.2, 0) is 9.84 Å². The van der Waals surface area contributed by atoms with E-state index < -0.39 is 9.84 Å². The van der Waals surface area contributed by atoms with Crippen LogP contribution in [0.1, 0.15) is 0 Å². The van der Waals surface area contributed by atoms with Gasteiger partial charge in [0, 0.05) is 16.8 Å². The maximum absolute atomic E-state index is 11.2. The van der Waals surface area contributed by atoms with Crippen molar-refractivity contribution in [3.05, 3.63) is 66.6 Å². The van der Waals surface area contributed by atoms with E-state index in [-0.39, 0.29) is 4.90 Å².